The van der Waals surface area contributed by atoms with Crippen molar-refractivity contribution in [1.82, 2.24) is 9.97 Å². The normalized spacial score (nSPS) is 12.4. The van der Waals surface area contributed by atoms with Crippen LogP contribution in [-0.2, 0) is 6.18 Å². The first-order valence-corrected chi connectivity index (χ1v) is 7.86. The lowest BCUT2D eigenvalue weighted by atomic mass is 10.0. The molecule has 0 atom stereocenters. The SMILES string of the molecule is CC(C)c1ccc(N(C)c2ncc(C(F)(F)F)c(OCC(F)(F)F)n2)cc1. The monoisotopic (exact) mass is 393 g/mol. The Morgan fingerprint density at radius 3 is 2.11 bits per heavy atom. The van der Waals surface area contributed by atoms with E-state index in [9.17, 15) is 26.3 Å². The zero-order valence-electron chi connectivity index (χ0n) is 14.7. The van der Waals surface area contributed by atoms with Crippen LogP contribution in [0.2, 0.25) is 0 Å². The van der Waals surface area contributed by atoms with Gasteiger partial charge in [-0.05, 0) is 23.6 Å². The van der Waals surface area contributed by atoms with E-state index in [-0.39, 0.29) is 11.9 Å². The number of ether oxygens (including phenoxy) is 1. The lowest BCUT2D eigenvalue weighted by Gasteiger charge is -2.20. The summed E-state index contributed by atoms with van der Waals surface area (Å²) in [6.07, 6.45) is -9.34. The third-order valence-electron chi connectivity index (χ3n) is 3.67. The molecule has 0 saturated carbocycles. The summed E-state index contributed by atoms with van der Waals surface area (Å²) in [6.45, 7) is 2.11. The minimum atomic E-state index is -4.95. The third-order valence-corrected chi connectivity index (χ3v) is 3.67. The molecule has 0 spiro atoms. The average molecular weight is 393 g/mol. The molecule has 0 bridgehead atoms. The summed E-state index contributed by atoms with van der Waals surface area (Å²) in [5, 5.41) is 0. The van der Waals surface area contributed by atoms with E-state index in [1.807, 2.05) is 26.0 Å². The van der Waals surface area contributed by atoms with Crippen molar-refractivity contribution in [2.75, 3.05) is 18.6 Å². The zero-order chi connectivity index (χ0) is 20.4. The summed E-state index contributed by atoms with van der Waals surface area (Å²) < 4.78 is 80.3. The van der Waals surface area contributed by atoms with Crippen molar-refractivity contribution in [3.05, 3.63) is 41.6 Å². The molecule has 148 valence electrons. The van der Waals surface area contributed by atoms with Gasteiger partial charge in [0.25, 0.3) is 0 Å². The molecule has 0 aliphatic rings. The van der Waals surface area contributed by atoms with Crippen molar-refractivity contribution >= 4 is 11.6 Å². The van der Waals surface area contributed by atoms with Gasteiger partial charge in [-0.2, -0.15) is 31.3 Å². The summed E-state index contributed by atoms with van der Waals surface area (Å²) in [5.74, 6) is -1.11. The number of rotatable bonds is 5. The summed E-state index contributed by atoms with van der Waals surface area (Å²) in [4.78, 5) is 8.52. The lowest BCUT2D eigenvalue weighted by molar-refractivity contribution is -0.159. The second-order valence-electron chi connectivity index (χ2n) is 6.10. The smallest absolute Gasteiger partial charge is 0.423 e. The molecule has 0 aliphatic heterocycles. The van der Waals surface area contributed by atoms with E-state index in [1.54, 1.807) is 12.1 Å². The largest absolute Gasteiger partial charge is 0.467 e. The Bertz CT molecular complexity index is 772. The fourth-order valence-electron chi connectivity index (χ4n) is 2.17. The van der Waals surface area contributed by atoms with Gasteiger partial charge >= 0.3 is 12.4 Å². The van der Waals surface area contributed by atoms with Gasteiger partial charge in [-0.3, -0.25) is 0 Å². The van der Waals surface area contributed by atoms with E-state index in [1.165, 1.54) is 11.9 Å². The maximum Gasteiger partial charge on any atom is 0.423 e. The summed E-state index contributed by atoms with van der Waals surface area (Å²) >= 11 is 0. The van der Waals surface area contributed by atoms with Crippen molar-refractivity contribution in [1.29, 1.82) is 0 Å². The second kappa shape index (κ2) is 7.61. The first-order chi connectivity index (χ1) is 12.4. The van der Waals surface area contributed by atoms with Crippen LogP contribution in [0.5, 0.6) is 5.88 Å². The fraction of sp³-hybridized carbons (Fsp3) is 0.412. The average Bonchev–Trinajstić information content (AvgIpc) is 2.57. The summed E-state index contributed by atoms with van der Waals surface area (Å²) in [5.41, 5.74) is 0.134. The summed E-state index contributed by atoms with van der Waals surface area (Å²) in [6, 6.07) is 7.10. The Kier molecular flexibility index (Phi) is 5.86. The van der Waals surface area contributed by atoms with E-state index >= 15 is 0 Å². The predicted octanol–water partition coefficient (Wildman–Crippen LogP) is 5.33. The lowest BCUT2D eigenvalue weighted by Crippen LogP contribution is -2.23. The number of nitrogens with zero attached hydrogens (tertiary/aromatic N) is 3. The van der Waals surface area contributed by atoms with E-state index in [4.69, 9.17) is 0 Å². The van der Waals surface area contributed by atoms with Gasteiger partial charge in [-0.1, -0.05) is 26.0 Å². The Balaban J connectivity index is 2.36. The summed E-state index contributed by atoms with van der Waals surface area (Å²) in [7, 11) is 1.49. The molecule has 4 nitrogen and oxygen atoms in total. The maximum absolute atomic E-state index is 13.0. The zero-order valence-corrected chi connectivity index (χ0v) is 14.7. The molecule has 0 fully saturated rings. The Morgan fingerprint density at radius 2 is 1.63 bits per heavy atom. The molecule has 0 N–H and O–H groups in total. The molecule has 2 rings (SSSR count). The molecule has 27 heavy (non-hydrogen) atoms. The van der Waals surface area contributed by atoms with Crippen molar-refractivity contribution in [3.63, 3.8) is 0 Å². The van der Waals surface area contributed by atoms with Gasteiger partial charge in [-0.15, -0.1) is 0 Å². The highest BCUT2D eigenvalue weighted by molar-refractivity contribution is 5.57. The highest BCUT2D eigenvalue weighted by atomic mass is 19.4. The van der Waals surface area contributed by atoms with Gasteiger partial charge in [0.15, 0.2) is 6.61 Å². The highest BCUT2D eigenvalue weighted by Crippen LogP contribution is 2.36. The number of aromatic nitrogens is 2. The maximum atomic E-state index is 13.0. The standard InChI is InChI=1S/C17H17F6N3O/c1-10(2)11-4-6-12(7-5-11)26(3)15-24-8-13(17(21,22)23)14(25-15)27-9-16(18,19)20/h4-8,10H,9H2,1-3H3. The topological polar surface area (TPSA) is 38.2 Å². The van der Waals surface area contributed by atoms with Crippen molar-refractivity contribution in [2.24, 2.45) is 0 Å². The fourth-order valence-corrected chi connectivity index (χ4v) is 2.17. The van der Waals surface area contributed by atoms with E-state index < -0.39 is 30.4 Å². The minimum absolute atomic E-state index is 0.225. The van der Waals surface area contributed by atoms with Crippen molar-refractivity contribution < 1.29 is 31.1 Å². The van der Waals surface area contributed by atoms with Crippen LogP contribution in [0.25, 0.3) is 0 Å². The first kappa shape index (κ1) is 20.8. The quantitative estimate of drug-likeness (QED) is 0.644. The number of halogens is 6. The van der Waals surface area contributed by atoms with Crippen molar-refractivity contribution in [2.45, 2.75) is 32.1 Å². The Labute approximate surface area is 151 Å². The van der Waals surface area contributed by atoms with Crippen LogP contribution in [-0.4, -0.2) is 29.8 Å². The number of hydrogen-bond donors (Lipinski definition) is 0. The minimum Gasteiger partial charge on any atom is -0.467 e. The number of benzene rings is 1. The van der Waals surface area contributed by atoms with Gasteiger partial charge < -0.3 is 9.64 Å². The van der Waals surface area contributed by atoms with Crippen LogP contribution in [0.1, 0.15) is 30.9 Å². The van der Waals surface area contributed by atoms with Crippen LogP contribution < -0.4 is 9.64 Å². The highest BCUT2D eigenvalue weighted by Gasteiger charge is 2.38. The molecule has 2 aromatic rings. The van der Waals surface area contributed by atoms with Gasteiger partial charge in [0.2, 0.25) is 11.8 Å². The Hall–Kier alpha value is -2.52. The molecule has 0 amide bonds. The Morgan fingerprint density at radius 1 is 1.04 bits per heavy atom. The van der Waals surface area contributed by atoms with Crippen LogP contribution >= 0.6 is 0 Å². The van der Waals surface area contributed by atoms with Crippen molar-refractivity contribution in [3.8, 4) is 5.88 Å². The molecular formula is C17H17F6N3O. The first-order valence-electron chi connectivity index (χ1n) is 7.86. The molecule has 0 saturated heterocycles. The number of anilines is 2. The van der Waals surface area contributed by atoms with Gasteiger partial charge in [0.05, 0.1) is 0 Å². The van der Waals surface area contributed by atoms with Gasteiger partial charge in [0.1, 0.15) is 5.56 Å². The predicted molar refractivity (Wildman–Crippen MR) is 87.2 cm³/mol. The van der Waals surface area contributed by atoms with Crippen LogP contribution in [0, 0.1) is 0 Å². The number of hydrogen-bond acceptors (Lipinski definition) is 4. The van der Waals surface area contributed by atoms with Gasteiger partial charge in [0, 0.05) is 18.9 Å². The number of alkyl halides is 6. The van der Waals surface area contributed by atoms with Crippen LogP contribution in [0.15, 0.2) is 30.5 Å². The molecule has 0 radical (unpaired) electrons. The van der Waals surface area contributed by atoms with Crippen LogP contribution in [0.4, 0.5) is 38.0 Å². The van der Waals surface area contributed by atoms with Gasteiger partial charge in [-0.25, -0.2) is 4.98 Å². The van der Waals surface area contributed by atoms with Crippen LogP contribution in [0.3, 0.4) is 0 Å². The molecule has 10 heteroatoms. The van der Waals surface area contributed by atoms with E-state index in [0.29, 0.717) is 11.9 Å². The van der Waals surface area contributed by atoms with E-state index in [2.05, 4.69) is 14.7 Å². The molecule has 0 aliphatic carbocycles. The third kappa shape index (κ3) is 5.48. The second-order valence-corrected chi connectivity index (χ2v) is 6.10. The molecule has 1 aromatic heterocycles. The molecule has 1 aromatic carbocycles. The molecule has 1 heterocycles. The molecular weight excluding hydrogens is 376 g/mol. The molecule has 0 unspecified atom stereocenters. The van der Waals surface area contributed by atoms with E-state index in [0.717, 1.165) is 5.56 Å².